The summed E-state index contributed by atoms with van der Waals surface area (Å²) < 4.78 is 4.65. The third kappa shape index (κ3) is 3.61. The fraction of sp³-hybridized carbons (Fsp3) is 0.0476. The van der Waals surface area contributed by atoms with Crippen molar-refractivity contribution in [2.24, 2.45) is 0 Å². The van der Waals surface area contributed by atoms with E-state index in [9.17, 15) is 0 Å². The van der Waals surface area contributed by atoms with E-state index in [0.717, 1.165) is 46.0 Å². The number of fused-ring (bicyclic) bond motifs is 9. The standard InChI is InChI=1S/C42H28N4/c1-2-13-29(14-3-1)45-36-20-10-7-16-31(36)32-24-22-28(26-39(32)45)41-33-17-6-9-19-35(33)43-42(44-41)46-37-21-11-8-18-34(37)40-30-15-5-4-12-27(30)23-25-38(40)46/h1-6,8-15,17-26H,7,16H2. The average molecular weight is 589 g/mol. The largest absolute Gasteiger partial charge is 0.310 e. The number of aromatic nitrogens is 4. The Hall–Kier alpha value is -6.00. The molecular formula is C42H28N4. The highest BCUT2D eigenvalue weighted by Crippen LogP contribution is 2.39. The van der Waals surface area contributed by atoms with Gasteiger partial charge in [-0.2, -0.15) is 0 Å². The Morgan fingerprint density at radius 2 is 1.33 bits per heavy atom. The van der Waals surface area contributed by atoms with Crippen molar-refractivity contribution in [1.29, 1.82) is 0 Å². The Labute approximate surface area is 265 Å². The minimum atomic E-state index is 0.677. The van der Waals surface area contributed by atoms with Crippen LogP contribution in [0.15, 0.2) is 140 Å². The fourth-order valence-electron chi connectivity index (χ4n) is 7.58. The summed E-state index contributed by atoms with van der Waals surface area (Å²) in [5.41, 5.74) is 10.2. The molecule has 6 aromatic carbocycles. The maximum absolute atomic E-state index is 5.41. The van der Waals surface area contributed by atoms with Gasteiger partial charge in [-0.1, -0.05) is 103 Å². The number of allylic oxidation sites excluding steroid dienone is 1. The Bertz CT molecular complexity index is 2690. The van der Waals surface area contributed by atoms with E-state index in [4.69, 9.17) is 9.97 Å². The number of aryl methyl sites for hydroxylation is 1. The molecule has 0 atom stereocenters. The van der Waals surface area contributed by atoms with Crippen LogP contribution in [0, 0.1) is 0 Å². The van der Waals surface area contributed by atoms with E-state index in [0.29, 0.717) is 5.95 Å². The predicted octanol–water partition coefficient (Wildman–Crippen LogP) is 10.5. The molecule has 0 saturated heterocycles. The third-order valence-corrected chi connectivity index (χ3v) is 9.59. The average Bonchev–Trinajstić information content (AvgIpc) is 3.64. The SMILES string of the molecule is C1=Cc2c(c3ccc(-c4nc(-n5c6ccccc6c6c7ccccc7ccc65)nc5ccccc45)cc3n2-c2ccccc2)CC1. The van der Waals surface area contributed by atoms with Crippen molar-refractivity contribution in [2.75, 3.05) is 0 Å². The molecule has 0 fully saturated rings. The van der Waals surface area contributed by atoms with Crippen molar-refractivity contribution in [1.82, 2.24) is 19.1 Å². The molecule has 0 amide bonds. The van der Waals surface area contributed by atoms with Crippen molar-refractivity contribution < 1.29 is 0 Å². The summed E-state index contributed by atoms with van der Waals surface area (Å²) in [6.07, 6.45) is 6.69. The van der Waals surface area contributed by atoms with Crippen LogP contribution >= 0.6 is 0 Å². The van der Waals surface area contributed by atoms with Crippen LogP contribution in [0.25, 0.3) is 83.4 Å². The minimum absolute atomic E-state index is 0.677. The van der Waals surface area contributed by atoms with Gasteiger partial charge < -0.3 is 4.57 Å². The summed E-state index contributed by atoms with van der Waals surface area (Å²) in [6.45, 7) is 0. The van der Waals surface area contributed by atoms with Crippen LogP contribution < -0.4 is 0 Å². The lowest BCUT2D eigenvalue weighted by Gasteiger charge is -2.13. The first-order valence-electron chi connectivity index (χ1n) is 15.9. The van der Waals surface area contributed by atoms with E-state index in [2.05, 4.69) is 155 Å². The molecule has 0 saturated carbocycles. The van der Waals surface area contributed by atoms with Crippen molar-refractivity contribution in [3.63, 3.8) is 0 Å². The summed E-state index contributed by atoms with van der Waals surface area (Å²) >= 11 is 0. The van der Waals surface area contributed by atoms with Crippen LogP contribution in [0.1, 0.15) is 17.7 Å². The second-order valence-corrected chi connectivity index (χ2v) is 12.1. The molecule has 10 rings (SSSR count). The minimum Gasteiger partial charge on any atom is -0.310 e. The lowest BCUT2D eigenvalue weighted by molar-refractivity contribution is 0.967. The van der Waals surface area contributed by atoms with Crippen molar-refractivity contribution in [3.05, 3.63) is 151 Å². The molecule has 0 radical (unpaired) electrons. The molecule has 0 unspecified atom stereocenters. The zero-order chi connectivity index (χ0) is 30.2. The van der Waals surface area contributed by atoms with Gasteiger partial charge in [-0.3, -0.25) is 4.57 Å². The van der Waals surface area contributed by atoms with Gasteiger partial charge in [-0.05, 0) is 71.7 Å². The zero-order valence-corrected chi connectivity index (χ0v) is 25.1. The molecule has 9 aromatic rings. The molecule has 46 heavy (non-hydrogen) atoms. The molecule has 0 N–H and O–H groups in total. The van der Waals surface area contributed by atoms with Crippen LogP contribution in [0.4, 0.5) is 0 Å². The fourth-order valence-corrected chi connectivity index (χ4v) is 7.58. The summed E-state index contributed by atoms with van der Waals surface area (Å²) in [5, 5.41) is 7.24. The number of nitrogens with zero attached hydrogens (tertiary/aromatic N) is 4. The Morgan fingerprint density at radius 1 is 0.543 bits per heavy atom. The molecule has 3 heterocycles. The van der Waals surface area contributed by atoms with E-state index < -0.39 is 0 Å². The van der Waals surface area contributed by atoms with E-state index in [-0.39, 0.29) is 0 Å². The summed E-state index contributed by atoms with van der Waals surface area (Å²) in [4.78, 5) is 10.6. The lowest BCUT2D eigenvalue weighted by Crippen LogP contribution is -2.03. The van der Waals surface area contributed by atoms with E-state index in [1.165, 1.54) is 49.4 Å². The normalized spacial score (nSPS) is 13.0. The van der Waals surface area contributed by atoms with Gasteiger partial charge >= 0.3 is 0 Å². The molecule has 3 aromatic heterocycles. The highest BCUT2D eigenvalue weighted by Gasteiger charge is 2.21. The Morgan fingerprint density at radius 3 is 2.24 bits per heavy atom. The van der Waals surface area contributed by atoms with Crippen LogP contribution in [0.5, 0.6) is 0 Å². The van der Waals surface area contributed by atoms with Gasteiger partial charge in [0.15, 0.2) is 0 Å². The third-order valence-electron chi connectivity index (χ3n) is 9.59. The van der Waals surface area contributed by atoms with Crippen molar-refractivity contribution >= 4 is 60.5 Å². The van der Waals surface area contributed by atoms with Gasteiger partial charge in [0, 0.05) is 38.5 Å². The predicted molar refractivity (Wildman–Crippen MR) is 191 cm³/mol. The lowest BCUT2D eigenvalue weighted by atomic mass is 9.99. The summed E-state index contributed by atoms with van der Waals surface area (Å²) in [7, 11) is 0. The number of para-hydroxylation sites is 3. The number of hydrogen-bond acceptors (Lipinski definition) is 2. The smallest absolute Gasteiger partial charge is 0.235 e. The second-order valence-electron chi connectivity index (χ2n) is 12.1. The van der Waals surface area contributed by atoms with Gasteiger partial charge in [0.2, 0.25) is 5.95 Å². The zero-order valence-electron chi connectivity index (χ0n) is 25.1. The van der Waals surface area contributed by atoms with Crippen molar-refractivity contribution in [3.8, 4) is 22.9 Å². The van der Waals surface area contributed by atoms with Crippen LogP contribution in [-0.2, 0) is 6.42 Å². The topological polar surface area (TPSA) is 35.6 Å². The van der Waals surface area contributed by atoms with E-state index >= 15 is 0 Å². The van der Waals surface area contributed by atoms with Gasteiger partial charge in [0.1, 0.15) is 0 Å². The monoisotopic (exact) mass is 588 g/mol. The molecule has 1 aliphatic carbocycles. The molecule has 4 nitrogen and oxygen atoms in total. The molecule has 1 aliphatic rings. The molecule has 216 valence electrons. The Balaban J connectivity index is 1.27. The summed E-state index contributed by atoms with van der Waals surface area (Å²) in [5.74, 6) is 0.677. The van der Waals surface area contributed by atoms with E-state index in [1.54, 1.807) is 0 Å². The van der Waals surface area contributed by atoms with Crippen LogP contribution in [-0.4, -0.2) is 19.1 Å². The first kappa shape index (κ1) is 25.3. The first-order chi connectivity index (χ1) is 22.8. The Kier molecular flexibility index (Phi) is 5.37. The van der Waals surface area contributed by atoms with Gasteiger partial charge in [-0.15, -0.1) is 0 Å². The molecule has 0 bridgehead atoms. The number of hydrogen-bond donors (Lipinski definition) is 0. The van der Waals surface area contributed by atoms with Crippen LogP contribution in [0.3, 0.4) is 0 Å². The maximum Gasteiger partial charge on any atom is 0.235 e. The quantitative estimate of drug-likeness (QED) is 0.206. The molecule has 4 heteroatoms. The highest BCUT2D eigenvalue weighted by molar-refractivity contribution is 6.21. The number of benzene rings is 6. The van der Waals surface area contributed by atoms with Gasteiger partial charge in [0.05, 0.1) is 27.8 Å². The first-order valence-corrected chi connectivity index (χ1v) is 15.9. The molecule has 0 spiro atoms. The van der Waals surface area contributed by atoms with Crippen LogP contribution in [0.2, 0.25) is 0 Å². The van der Waals surface area contributed by atoms with Crippen molar-refractivity contribution in [2.45, 2.75) is 12.8 Å². The highest BCUT2D eigenvalue weighted by atomic mass is 15.2. The number of rotatable bonds is 3. The molecular weight excluding hydrogens is 560 g/mol. The van der Waals surface area contributed by atoms with Gasteiger partial charge in [0.25, 0.3) is 0 Å². The van der Waals surface area contributed by atoms with E-state index in [1.807, 2.05) is 0 Å². The van der Waals surface area contributed by atoms with Gasteiger partial charge in [-0.25, -0.2) is 9.97 Å². The maximum atomic E-state index is 5.41. The second kappa shape index (κ2) is 9.75. The summed E-state index contributed by atoms with van der Waals surface area (Å²) in [6, 6.07) is 47.6. The molecule has 0 aliphatic heterocycles.